The van der Waals surface area contributed by atoms with Gasteiger partial charge in [0.25, 0.3) is 5.91 Å². The number of anilines is 1. The van der Waals surface area contributed by atoms with E-state index in [1.165, 1.54) is 28.4 Å². The van der Waals surface area contributed by atoms with E-state index in [9.17, 15) is 4.79 Å². The van der Waals surface area contributed by atoms with Crippen molar-refractivity contribution in [2.24, 2.45) is 5.73 Å². The first-order valence-electron chi connectivity index (χ1n) is 7.59. The van der Waals surface area contributed by atoms with E-state index in [1.54, 1.807) is 5.38 Å². The fourth-order valence-corrected chi connectivity index (χ4v) is 4.10. The Hall–Kier alpha value is -1.41. The SMILES string of the molecule is NCc1nc(C(=O)Nc2cccc(CN3CCSCC3)c2)cs1. The van der Waals surface area contributed by atoms with Crippen molar-refractivity contribution in [2.45, 2.75) is 13.1 Å². The van der Waals surface area contributed by atoms with Crippen LogP contribution in [0.4, 0.5) is 5.69 Å². The van der Waals surface area contributed by atoms with Crippen molar-refractivity contribution in [3.05, 3.63) is 45.9 Å². The van der Waals surface area contributed by atoms with E-state index in [0.29, 0.717) is 12.2 Å². The number of rotatable bonds is 5. The maximum absolute atomic E-state index is 12.2. The number of thiazole rings is 1. The summed E-state index contributed by atoms with van der Waals surface area (Å²) in [6, 6.07) is 8.03. The molecule has 3 N–H and O–H groups in total. The Morgan fingerprint density at radius 2 is 2.17 bits per heavy atom. The number of thioether (sulfide) groups is 1. The van der Waals surface area contributed by atoms with Gasteiger partial charge in [-0.2, -0.15) is 11.8 Å². The lowest BCUT2D eigenvalue weighted by Gasteiger charge is -2.26. The predicted octanol–water partition coefficient (Wildman–Crippen LogP) is 2.40. The highest BCUT2D eigenvalue weighted by molar-refractivity contribution is 7.99. The molecule has 1 aromatic carbocycles. The summed E-state index contributed by atoms with van der Waals surface area (Å²) in [6.07, 6.45) is 0. The van der Waals surface area contributed by atoms with Gasteiger partial charge < -0.3 is 11.1 Å². The smallest absolute Gasteiger partial charge is 0.275 e. The van der Waals surface area contributed by atoms with Gasteiger partial charge in [-0.1, -0.05) is 12.1 Å². The highest BCUT2D eigenvalue weighted by Crippen LogP contribution is 2.17. The molecule has 3 rings (SSSR count). The maximum Gasteiger partial charge on any atom is 0.275 e. The molecule has 2 aromatic rings. The van der Waals surface area contributed by atoms with Gasteiger partial charge in [-0.3, -0.25) is 9.69 Å². The van der Waals surface area contributed by atoms with Crippen molar-refractivity contribution in [1.82, 2.24) is 9.88 Å². The first-order valence-corrected chi connectivity index (χ1v) is 9.63. The summed E-state index contributed by atoms with van der Waals surface area (Å²) in [5.74, 6) is 2.21. The standard InChI is InChI=1S/C16H20N4OS2/c17-9-15-19-14(11-23-15)16(21)18-13-3-1-2-12(8-13)10-20-4-6-22-7-5-20/h1-3,8,11H,4-7,9-10,17H2,(H,18,21). The van der Waals surface area contributed by atoms with E-state index >= 15 is 0 Å². The van der Waals surface area contributed by atoms with Gasteiger partial charge in [-0.05, 0) is 17.7 Å². The first-order chi connectivity index (χ1) is 11.2. The van der Waals surface area contributed by atoms with Crippen molar-refractivity contribution >= 4 is 34.7 Å². The Kier molecular flexibility index (Phi) is 5.66. The average Bonchev–Trinajstić information content (AvgIpc) is 3.05. The summed E-state index contributed by atoms with van der Waals surface area (Å²) in [5, 5.41) is 5.43. The molecule has 2 heterocycles. The summed E-state index contributed by atoms with van der Waals surface area (Å²) in [5.41, 5.74) is 7.98. The number of carbonyl (C=O) groups excluding carboxylic acids is 1. The number of nitrogens with zero attached hydrogens (tertiary/aromatic N) is 2. The quantitative estimate of drug-likeness (QED) is 0.868. The Bertz CT molecular complexity index is 668. The van der Waals surface area contributed by atoms with Crippen molar-refractivity contribution in [2.75, 3.05) is 29.9 Å². The number of carbonyl (C=O) groups is 1. The van der Waals surface area contributed by atoms with E-state index in [4.69, 9.17) is 5.73 Å². The van der Waals surface area contributed by atoms with Gasteiger partial charge in [0.05, 0.1) is 0 Å². The lowest BCUT2D eigenvalue weighted by Crippen LogP contribution is -2.31. The van der Waals surface area contributed by atoms with Crippen LogP contribution in [0.15, 0.2) is 29.6 Å². The van der Waals surface area contributed by atoms with Gasteiger partial charge in [-0.15, -0.1) is 11.3 Å². The first kappa shape index (κ1) is 16.4. The zero-order valence-corrected chi connectivity index (χ0v) is 14.5. The van der Waals surface area contributed by atoms with Crippen molar-refractivity contribution < 1.29 is 4.79 Å². The van der Waals surface area contributed by atoms with Crippen LogP contribution in [0.25, 0.3) is 0 Å². The van der Waals surface area contributed by atoms with Crippen LogP contribution in [0.1, 0.15) is 21.1 Å². The van der Waals surface area contributed by atoms with Gasteiger partial charge in [0.2, 0.25) is 0 Å². The molecule has 0 radical (unpaired) electrons. The zero-order valence-electron chi connectivity index (χ0n) is 12.8. The van der Waals surface area contributed by atoms with Gasteiger partial charge in [0.1, 0.15) is 10.7 Å². The van der Waals surface area contributed by atoms with E-state index in [0.717, 1.165) is 30.3 Å². The Labute approximate surface area is 144 Å². The summed E-state index contributed by atoms with van der Waals surface area (Å²) in [6.45, 7) is 3.55. The monoisotopic (exact) mass is 348 g/mol. The van der Waals surface area contributed by atoms with Crippen molar-refractivity contribution in [3.8, 4) is 0 Å². The normalized spacial score (nSPS) is 15.5. The summed E-state index contributed by atoms with van der Waals surface area (Å²) >= 11 is 3.42. The summed E-state index contributed by atoms with van der Waals surface area (Å²) in [7, 11) is 0. The van der Waals surface area contributed by atoms with Crippen LogP contribution in [0.5, 0.6) is 0 Å². The molecule has 23 heavy (non-hydrogen) atoms. The molecule has 0 unspecified atom stereocenters. The molecule has 7 heteroatoms. The topological polar surface area (TPSA) is 71.2 Å². The lowest BCUT2D eigenvalue weighted by molar-refractivity contribution is 0.102. The molecule has 0 spiro atoms. The molecular formula is C16H20N4OS2. The van der Waals surface area contributed by atoms with Gasteiger partial charge in [0, 0.05) is 48.8 Å². The molecule has 0 saturated carbocycles. The number of aromatic nitrogens is 1. The number of nitrogens with two attached hydrogens (primary N) is 1. The maximum atomic E-state index is 12.2. The predicted molar refractivity (Wildman–Crippen MR) is 97.0 cm³/mol. The van der Waals surface area contributed by atoms with Gasteiger partial charge in [-0.25, -0.2) is 4.98 Å². The van der Waals surface area contributed by atoms with E-state index < -0.39 is 0 Å². The Balaban J connectivity index is 1.63. The fourth-order valence-electron chi connectivity index (χ4n) is 2.47. The molecule has 5 nitrogen and oxygen atoms in total. The summed E-state index contributed by atoms with van der Waals surface area (Å²) < 4.78 is 0. The molecule has 0 aliphatic carbocycles. The van der Waals surface area contributed by atoms with Crippen molar-refractivity contribution in [3.63, 3.8) is 0 Å². The van der Waals surface area contributed by atoms with Crippen LogP contribution >= 0.6 is 23.1 Å². The second-order valence-corrected chi connectivity index (χ2v) is 7.54. The lowest BCUT2D eigenvalue weighted by atomic mass is 10.2. The molecule has 1 aromatic heterocycles. The fraction of sp³-hybridized carbons (Fsp3) is 0.375. The second kappa shape index (κ2) is 7.92. The Morgan fingerprint density at radius 1 is 1.35 bits per heavy atom. The van der Waals surface area contributed by atoms with E-state index in [2.05, 4.69) is 21.3 Å². The molecule has 1 amide bonds. The highest BCUT2D eigenvalue weighted by Gasteiger charge is 2.13. The molecule has 0 atom stereocenters. The highest BCUT2D eigenvalue weighted by atomic mass is 32.2. The molecule has 1 aliphatic rings. The Morgan fingerprint density at radius 3 is 2.91 bits per heavy atom. The van der Waals surface area contributed by atoms with Crippen LogP contribution in [-0.2, 0) is 13.1 Å². The third-order valence-corrected chi connectivity index (χ3v) is 5.47. The number of hydrogen-bond acceptors (Lipinski definition) is 6. The van der Waals surface area contributed by atoms with Crippen LogP contribution in [0, 0.1) is 0 Å². The van der Waals surface area contributed by atoms with Gasteiger partial charge >= 0.3 is 0 Å². The van der Waals surface area contributed by atoms with Crippen LogP contribution in [-0.4, -0.2) is 40.4 Å². The van der Waals surface area contributed by atoms with Crippen LogP contribution < -0.4 is 11.1 Å². The van der Waals surface area contributed by atoms with E-state index in [-0.39, 0.29) is 5.91 Å². The minimum absolute atomic E-state index is 0.188. The number of hydrogen-bond donors (Lipinski definition) is 2. The largest absolute Gasteiger partial charge is 0.325 e. The third-order valence-electron chi connectivity index (χ3n) is 3.65. The molecule has 0 bridgehead atoms. The molecule has 1 aliphatic heterocycles. The van der Waals surface area contributed by atoms with E-state index in [1.807, 2.05) is 30.0 Å². The zero-order chi connectivity index (χ0) is 16.1. The second-order valence-electron chi connectivity index (χ2n) is 5.37. The molecule has 1 saturated heterocycles. The van der Waals surface area contributed by atoms with Gasteiger partial charge in [0.15, 0.2) is 0 Å². The molecule has 1 fully saturated rings. The third kappa shape index (κ3) is 4.54. The number of benzene rings is 1. The average molecular weight is 348 g/mol. The number of nitrogens with one attached hydrogen (secondary N) is 1. The van der Waals surface area contributed by atoms with Crippen LogP contribution in [0.2, 0.25) is 0 Å². The summed E-state index contributed by atoms with van der Waals surface area (Å²) in [4.78, 5) is 18.9. The minimum Gasteiger partial charge on any atom is -0.325 e. The van der Waals surface area contributed by atoms with Crippen LogP contribution in [0.3, 0.4) is 0 Å². The van der Waals surface area contributed by atoms with Crippen molar-refractivity contribution in [1.29, 1.82) is 0 Å². The number of amides is 1. The molecular weight excluding hydrogens is 328 g/mol. The molecule has 122 valence electrons. The minimum atomic E-state index is -0.188.